The zero-order valence-corrected chi connectivity index (χ0v) is 10.4. The van der Waals surface area contributed by atoms with Crippen LogP contribution in [0.5, 0.6) is 0 Å². The second-order valence-corrected chi connectivity index (χ2v) is 3.88. The summed E-state index contributed by atoms with van der Waals surface area (Å²) >= 11 is 0. The molecular formula is C14H13N2O3+. The van der Waals surface area contributed by atoms with E-state index in [0.717, 1.165) is 0 Å². The number of benzene rings is 1. The highest BCUT2D eigenvalue weighted by Gasteiger charge is 2.19. The van der Waals surface area contributed by atoms with Gasteiger partial charge in [-0.25, -0.2) is 4.79 Å². The van der Waals surface area contributed by atoms with E-state index in [4.69, 9.17) is 0 Å². The molecule has 1 heterocycles. The molecule has 5 nitrogen and oxygen atoms in total. The molecule has 0 atom stereocenters. The van der Waals surface area contributed by atoms with Gasteiger partial charge in [-0.2, -0.15) is 4.57 Å². The van der Waals surface area contributed by atoms with E-state index < -0.39 is 5.97 Å². The Morgan fingerprint density at radius 2 is 1.79 bits per heavy atom. The number of esters is 1. The van der Waals surface area contributed by atoms with Crippen LogP contribution in [0.4, 0.5) is 0 Å². The van der Waals surface area contributed by atoms with Gasteiger partial charge in [-0.15, -0.1) is 0 Å². The van der Waals surface area contributed by atoms with E-state index in [2.05, 4.69) is 9.72 Å². The van der Waals surface area contributed by atoms with Crippen LogP contribution < -0.4 is 4.57 Å². The first kappa shape index (κ1) is 12.9. The highest BCUT2D eigenvalue weighted by molar-refractivity contribution is 6.05. The lowest BCUT2D eigenvalue weighted by Crippen LogP contribution is -2.37. The largest absolute Gasteiger partial charge is 0.465 e. The second-order valence-electron chi connectivity index (χ2n) is 3.88. The van der Waals surface area contributed by atoms with Crippen molar-refractivity contribution < 1.29 is 18.9 Å². The molecule has 2 aromatic rings. The van der Waals surface area contributed by atoms with Crippen molar-refractivity contribution >= 4 is 11.8 Å². The summed E-state index contributed by atoms with van der Waals surface area (Å²) in [5, 5.41) is 0. The lowest BCUT2D eigenvalue weighted by atomic mass is 10.0. The van der Waals surface area contributed by atoms with Crippen molar-refractivity contribution in [1.29, 1.82) is 0 Å². The Bertz CT molecular complexity index is 597. The summed E-state index contributed by atoms with van der Waals surface area (Å²) in [6.45, 7) is 0.149. The molecule has 96 valence electrons. The quantitative estimate of drug-likeness (QED) is 0.466. The van der Waals surface area contributed by atoms with Gasteiger partial charge in [-0.3, -0.25) is 9.78 Å². The minimum atomic E-state index is -0.510. The third-order valence-electron chi connectivity index (χ3n) is 2.65. The zero-order chi connectivity index (χ0) is 13.7. The maximum Gasteiger partial charge on any atom is 0.338 e. The molecule has 0 spiro atoms. The number of methoxy groups -OCH3 is 1. The maximum absolute atomic E-state index is 12.2. The molecule has 0 bridgehead atoms. The molecular weight excluding hydrogens is 244 g/mol. The first-order valence-corrected chi connectivity index (χ1v) is 5.72. The number of carbonyl (C=O) groups excluding carboxylic acids is 2. The molecule has 1 aromatic carbocycles. The molecule has 0 unspecified atom stereocenters. The van der Waals surface area contributed by atoms with Crippen LogP contribution >= 0.6 is 0 Å². The predicted octanol–water partition coefficient (Wildman–Crippen LogP) is 1.04. The van der Waals surface area contributed by atoms with Crippen LogP contribution in [0.3, 0.4) is 0 Å². The number of Topliss-reactive ketones (excluding diaryl/α,β-unsaturated/α-hetero) is 1. The second kappa shape index (κ2) is 5.86. The molecule has 0 saturated carbocycles. The van der Waals surface area contributed by atoms with Gasteiger partial charge in [0.2, 0.25) is 12.3 Å². The van der Waals surface area contributed by atoms with Gasteiger partial charge in [0.25, 0.3) is 0 Å². The van der Waals surface area contributed by atoms with Crippen LogP contribution in [-0.2, 0) is 11.3 Å². The van der Waals surface area contributed by atoms with E-state index in [0.29, 0.717) is 5.56 Å². The molecule has 1 aromatic heterocycles. The van der Waals surface area contributed by atoms with Gasteiger partial charge >= 0.3 is 5.97 Å². The molecule has 0 aliphatic carbocycles. The molecule has 0 aliphatic rings. The summed E-state index contributed by atoms with van der Waals surface area (Å²) in [4.78, 5) is 27.7. The molecule has 5 heteroatoms. The lowest BCUT2D eigenvalue weighted by Gasteiger charge is -2.04. The lowest BCUT2D eigenvalue weighted by molar-refractivity contribution is -0.683. The molecule has 19 heavy (non-hydrogen) atoms. The van der Waals surface area contributed by atoms with Crippen molar-refractivity contribution in [3.05, 3.63) is 60.2 Å². The topological polar surface area (TPSA) is 60.1 Å². The Morgan fingerprint density at radius 1 is 1.16 bits per heavy atom. The van der Waals surface area contributed by atoms with Crippen LogP contribution in [0.25, 0.3) is 0 Å². The summed E-state index contributed by atoms with van der Waals surface area (Å²) in [5.74, 6) is -0.666. The molecule has 0 fully saturated rings. The standard InChI is InChI=1S/C14H13N2O3/c1-19-14(18)12-5-3-2-4-11(12)13(17)10-16-8-6-15-7-9-16/h2-9H,10H2,1H3/q+1. The number of nitrogens with zero attached hydrogens (tertiary/aromatic N) is 2. The number of ether oxygens (including phenoxy) is 1. The van der Waals surface area contributed by atoms with Crippen LogP contribution in [0.2, 0.25) is 0 Å². The van der Waals surface area contributed by atoms with Crippen molar-refractivity contribution in [3.63, 3.8) is 0 Å². The fourth-order valence-electron chi connectivity index (χ4n) is 1.72. The van der Waals surface area contributed by atoms with Gasteiger partial charge in [0, 0.05) is 5.56 Å². The van der Waals surface area contributed by atoms with Gasteiger partial charge in [0.05, 0.1) is 25.1 Å². The number of carbonyl (C=O) groups is 2. The van der Waals surface area contributed by atoms with Gasteiger partial charge in [-0.05, 0) is 6.07 Å². The average molecular weight is 257 g/mol. The van der Waals surface area contributed by atoms with Gasteiger partial charge in [0.1, 0.15) is 0 Å². The van der Waals surface area contributed by atoms with Crippen LogP contribution in [-0.4, -0.2) is 23.8 Å². The third kappa shape index (κ3) is 3.01. The van der Waals surface area contributed by atoms with E-state index in [1.54, 1.807) is 53.6 Å². The number of ketones is 1. The SMILES string of the molecule is COC(=O)c1ccccc1C(=O)C[n+]1ccncc1. The summed E-state index contributed by atoms with van der Waals surface area (Å²) in [5.41, 5.74) is 0.642. The average Bonchev–Trinajstić information content (AvgIpc) is 2.47. The highest BCUT2D eigenvalue weighted by atomic mass is 16.5. The van der Waals surface area contributed by atoms with Crippen molar-refractivity contribution in [3.8, 4) is 0 Å². The van der Waals surface area contributed by atoms with Crippen LogP contribution in [0.1, 0.15) is 20.7 Å². The fourth-order valence-corrected chi connectivity index (χ4v) is 1.72. The first-order chi connectivity index (χ1) is 9.22. The van der Waals surface area contributed by atoms with Gasteiger partial charge in [-0.1, -0.05) is 18.2 Å². The monoisotopic (exact) mass is 257 g/mol. The first-order valence-electron chi connectivity index (χ1n) is 5.72. The van der Waals surface area contributed by atoms with Crippen molar-refractivity contribution in [2.75, 3.05) is 7.11 Å². The summed E-state index contributed by atoms with van der Waals surface area (Å²) < 4.78 is 6.37. The number of hydrogen-bond acceptors (Lipinski definition) is 4. The van der Waals surface area contributed by atoms with Crippen LogP contribution in [0.15, 0.2) is 49.1 Å². The maximum atomic E-state index is 12.2. The molecule has 0 amide bonds. The molecule has 0 aliphatic heterocycles. The third-order valence-corrected chi connectivity index (χ3v) is 2.65. The number of hydrogen-bond donors (Lipinski definition) is 0. The Kier molecular flexibility index (Phi) is 3.97. The van der Waals surface area contributed by atoms with E-state index in [1.807, 2.05) is 0 Å². The predicted molar refractivity (Wildman–Crippen MR) is 66.5 cm³/mol. The Morgan fingerprint density at radius 3 is 2.42 bits per heavy atom. The zero-order valence-electron chi connectivity index (χ0n) is 10.4. The molecule has 0 N–H and O–H groups in total. The minimum Gasteiger partial charge on any atom is -0.465 e. The van der Waals surface area contributed by atoms with E-state index >= 15 is 0 Å². The summed E-state index contributed by atoms with van der Waals surface area (Å²) in [6, 6.07) is 6.62. The van der Waals surface area contributed by atoms with E-state index in [-0.39, 0.29) is 17.9 Å². The normalized spacial score (nSPS) is 9.95. The van der Waals surface area contributed by atoms with Gasteiger partial charge < -0.3 is 4.74 Å². The number of aromatic nitrogens is 2. The molecule has 0 radical (unpaired) electrons. The highest BCUT2D eigenvalue weighted by Crippen LogP contribution is 2.11. The minimum absolute atomic E-state index is 0.149. The Labute approximate surface area is 110 Å². The Hall–Kier alpha value is -2.56. The fraction of sp³-hybridized carbons (Fsp3) is 0.143. The molecule has 0 saturated heterocycles. The summed E-state index contributed by atoms with van der Waals surface area (Å²) in [6.07, 6.45) is 6.58. The van der Waals surface area contributed by atoms with Crippen molar-refractivity contribution in [2.45, 2.75) is 6.54 Å². The number of rotatable bonds is 4. The Balaban J connectivity index is 2.27. The summed E-state index contributed by atoms with van der Waals surface area (Å²) in [7, 11) is 1.29. The van der Waals surface area contributed by atoms with E-state index in [1.165, 1.54) is 7.11 Å². The van der Waals surface area contributed by atoms with Crippen molar-refractivity contribution in [1.82, 2.24) is 4.98 Å². The van der Waals surface area contributed by atoms with Gasteiger partial charge in [0.15, 0.2) is 12.4 Å². The molecule has 2 rings (SSSR count). The van der Waals surface area contributed by atoms with Crippen molar-refractivity contribution in [2.24, 2.45) is 0 Å². The van der Waals surface area contributed by atoms with E-state index in [9.17, 15) is 9.59 Å². The smallest absolute Gasteiger partial charge is 0.338 e. The van der Waals surface area contributed by atoms with Crippen LogP contribution in [0, 0.1) is 0 Å².